The number of hydrogen-bond acceptors (Lipinski definition) is 3. The summed E-state index contributed by atoms with van der Waals surface area (Å²) in [7, 11) is 2.05. The lowest BCUT2D eigenvalue weighted by Crippen LogP contribution is -2.41. The molecule has 0 atom stereocenters. The maximum atomic E-state index is 12.5. The zero-order chi connectivity index (χ0) is 19.3. The molecule has 28 heavy (non-hydrogen) atoms. The highest BCUT2D eigenvalue weighted by Crippen LogP contribution is 2.21. The second kappa shape index (κ2) is 8.57. The molecule has 1 aliphatic rings. The van der Waals surface area contributed by atoms with E-state index >= 15 is 0 Å². The van der Waals surface area contributed by atoms with Crippen LogP contribution in [0.4, 0.5) is 0 Å². The Labute approximate surface area is 166 Å². The van der Waals surface area contributed by atoms with Crippen LogP contribution < -0.4 is 5.32 Å². The molecule has 5 heteroatoms. The van der Waals surface area contributed by atoms with Crippen LogP contribution in [0.1, 0.15) is 24.0 Å². The van der Waals surface area contributed by atoms with Crippen LogP contribution in [0, 0.1) is 5.92 Å². The van der Waals surface area contributed by atoms with Crippen LogP contribution >= 0.6 is 0 Å². The minimum atomic E-state index is 0.140. The Hall–Kier alpha value is -2.66. The Kier molecular flexibility index (Phi) is 5.72. The van der Waals surface area contributed by atoms with Gasteiger partial charge in [-0.25, -0.2) is 4.98 Å². The third-order valence-electron chi connectivity index (χ3n) is 5.78. The van der Waals surface area contributed by atoms with Crippen LogP contribution in [-0.4, -0.2) is 40.0 Å². The van der Waals surface area contributed by atoms with Gasteiger partial charge >= 0.3 is 0 Å². The van der Waals surface area contributed by atoms with Crippen LogP contribution in [0.3, 0.4) is 0 Å². The van der Waals surface area contributed by atoms with Crippen LogP contribution in [0.5, 0.6) is 0 Å². The molecule has 4 rings (SSSR count). The number of amides is 1. The number of piperidine rings is 1. The lowest BCUT2D eigenvalue weighted by Gasteiger charge is -2.31. The van der Waals surface area contributed by atoms with Gasteiger partial charge in [-0.05, 0) is 55.6 Å². The minimum Gasteiger partial charge on any atom is -0.352 e. The van der Waals surface area contributed by atoms with Crippen molar-refractivity contribution in [1.82, 2.24) is 19.8 Å². The Morgan fingerprint density at radius 3 is 2.71 bits per heavy atom. The second-order valence-corrected chi connectivity index (χ2v) is 7.71. The van der Waals surface area contributed by atoms with Crippen molar-refractivity contribution in [2.45, 2.75) is 25.8 Å². The van der Waals surface area contributed by atoms with Gasteiger partial charge < -0.3 is 14.8 Å². The molecule has 1 amide bonds. The first kappa shape index (κ1) is 18.7. The van der Waals surface area contributed by atoms with Crippen molar-refractivity contribution < 1.29 is 4.79 Å². The maximum Gasteiger partial charge on any atom is 0.223 e. The molecule has 0 bridgehead atoms. The van der Waals surface area contributed by atoms with Gasteiger partial charge in [-0.15, -0.1) is 0 Å². The van der Waals surface area contributed by atoms with E-state index in [1.807, 2.05) is 42.6 Å². The van der Waals surface area contributed by atoms with E-state index in [-0.39, 0.29) is 11.8 Å². The zero-order valence-electron chi connectivity index (χ0n) is 16.5. The summed E-state index contributed by atoms with van der Waals surface area (Å²) in [6.45, 7) is 3.64. The molecule has 3 heterocycles. The molecule has 0 unspecified atom stereocenters. The second-order valence-electron chi connectivity index (χ2n) is 7.71. The molecule has 1 aliphatic heterocycles. The molecule has 2 aromatic heterocycles. The molecular weight excluding hydrogens is 348 g/mol. The molecule has 0 aliphatic carbocycles. The zero-order valence-corrected chi connectivity index (χ0v) is 16.5. The minimum absolute atomic E-state index is 0.140. The molecule has 1 aromatic carbocycles. The number of aromatic nitrogens is 2. The predicted octanol–water partition coefficient (Wildman–Crippen LogP) is 3.14. The van der Waals surface area contributed by atoms with E-state index in [0.717, 1.165) is 50.1 Å². The fraction of sp³-hybridized carbons (Fsp3) is 0.391. The van der Waals surface area contributed by atoms with E-state index in [0.29, 0.717) is 6.54 Å². The normalized spacial score (nSPS) is 15.8. The van der Waals surface area contributed by atoms with E-state index in [2.05, 4.69) is 39.1 Å². The summed E-state index contributed by atoms with van der Waals surface area (Å²) in [4.78, 5) is 19.4. The van der Waals surface area contributed by atoms with E-state index in [1.54, 1.807) is 0 Å². The van der Waals surface area contributed by atoms with Crippen molar-refractivity contribution >= 4 is 16.9 Å². The van der Waals surface area contributed by atoms with Crippen molar-refractivity contribution in [3.05, 3.63) is 66.0 Å². The molecule has 1 N–H and O–H groups in total. The molecule has 5 nitrogen and oxygen atoms in total. The van der Waals surface area contributed by atoms with Crippen molar-refractivity contribution in [2.75, 3.05) is 19.6 Å². The van der Waals surface area contributed by atoms with Gasteiger partial charge in [0.15, 0.2) is 0 Å². The van der Waals surface area contributed by atoms with Crippen molar-refractivity contribution in [2.24, 2.45) is 13.0 Å². The summed E-state index contributed by atoms with van der Waals surface area (Å²) in [6, 6.07) is 14.3. The summed E-state index contributed by atoms with van der Waals surface area (Å²) in [5, 5.41) is 4.35. The highest BCUT2D eigenvalue weighted by Gasteiger charge is 2.24. The first-order valence-electron chi connectivity index (χ1n) is 10.1. The molecule has 3 aromatic rings. The number of hydrogen-bond donors (Lipinski definition) is 1. The maximum absolute atomic E-state index is 12.5. The first-order valence-corrected chi connectivity index (χ1v) is 10.1. The number of carbonyl (C=O) groups is 1. The lowest BCUT2D eigenvalue weighted by molar-refractivity contribution is -0.126. The number of aryl methyl sites for hydroxylation is 1. The van der Waals surface area contributed by atoms with Crippen LogP contribution in [0.25, 0.3) is 11.0 Å². The molecular formula is C23H28N4O. The molecule has 0 radical (unpaired) electrons. The number of fused-ring (bicyclic) bond motifs is 1. The van der Waals surface area contributed by atoms with Crippen LogP contribution in [-0.2, 0) is 24.8 Å². The van der Waals surface area contributed by atoms with Gasteiger partial charge in [0.05, 0.1) is 0 Å². The summed E-state index contributed by atoms with van der Waals surface area (Å²) in [5.41, 5.74) is 3.55. The fourth-order valence-electron chi connectivity index (χ4n) is 4.12. The van der Waals surface area contributed by atoms with E-state index in [1.165, 1.54) is 10.9 Å². The van der Waals surface area contributed by atoms with Crippen molar-refractivity contribution in [3.63, 3.8) is 0 Å². The van der Waals surface area contributed by atoms with Gasteiger partial charge in [-0.1, -0.05) is 30.3 Å². The number of benzene rings is 1. The highest BCUT2D eigenvalue weighted by atomic mass is 16.1. The average Bonchev–Trinajstić information content (AvgIpc) is 3.07. The fourth-order valence-corrected chi connectivity index (χ4v) is 4.12. The van der Waals surface area contributed by atoms with Crippen LogP contribution in [0.15, 0.2) is 54.9 Å². The van der Waals surface area contributed by atoms with Gasteiger partial charge in [0.25, 0.3) is 0 Å². The van der Waals surface area contributed by atoms with E-state index in [4.69, 9.17) is 0 Å². The topological polar surface area (TPSA) is 50.2 Å². The van der Waals surface area contributed by atoms with Crippen molar-refractivity contribution in [3.8, 4) is 0 Å². The monoisotopic (exact) mass is 376 g/mol. The summed E-state index contributed by atoms with van der Waals surface area (Å²) in [5.74, 6) is 0.338. The number of nitrogens with zero attached hydrogens (tertiary/aromatic N) is 3. The first-order chi connectivity index (χ1) is 13.7. The quantitative estimate of drug-likeness (QED) is 0.719. The smallest absolute Gasteiger partial charge is 0.223 e. The average molecular weight is 377 g/mol. The molecule has 1 fully saturated rings. The van der Waals surface area contributed by atoms with Crippen LogP contribution in [0.2, 0.25) is 0 Å². The van der Waals surface area contributed by atoms with Gasteiger partial charge in [-0.2, -0.15) is 0 Å². The Balaban J connectivity index is 1.24. The Morgan fingerprint density at radius 1 is 1.14 bits per heavy atom. The molecule has 1 saturated heterocycles. The highest BCUT2D eigenvalue weighted by molar-refractivity contribution is 5.80. The van der Waals surface area contributed by atoms with E-state index in [9.17, 15) is 4.79 Å². The largest absolute Gasteiger partial charge is 0.352 e. The van der Waals surface area contributed by atoms with Gasteiger partial charge in [0, 0.05) is 43.8 Å². The van der Waals surface area contributed by atoms with Gasteiger partial charge in [0.2, 0.25) is 5.91 Å². The Morgan fingerprint density at radius 2 is 1.93 bits per heavy atom. The molecule has 0 spiro atoms. The number of likely N-dealkylation sites (tertiary alicyclic amines) is 1. The van der Waals surface area contributed by atoms with Crippen molar-refractivity contribution in [1.29, 1.82) is 0 Å². The number of rotatable bonds is 6. The lowest BCUT2D eigenvalue weighted by atomic mass is 9.95. The third kappa shape index (κ3) is 4.25. The number of pyridine rings is 1. The molecule has 146 valence electrons. The number of carbonyl (C=O) groups excluding carboxylic acids is 1. The SMILES string of the molecule is Cn1cc(CCN2CCC(C(=O)NCc3ccccc3)CC2)c2cccnc21. The standard InChI is InChI=1S/C23H28N4O/c1-26-17-20(21-8-5-12-24-22(21)26)11-15-27-13-9-19(10-14-27)23(28)25-16-18-6-3-2-4-7-18/h2-8,12,17,19H,9-11,13-16H2,1H3,(H,25,28). The summed E-state index contributed by atoms with van der Waals surface area (Å²) >= 11 is 0. The Bertz CT molecular complexity index is 926. The molecule has 0 saturated carbocycles. The third-order valence-corrected chi connectivity index (χ3v) is 5.78. The van der Waals surface area contributed by atoms with Gasteiger partial charge in [-0.3, -0.25) is 4.79 Å². The number of nitrogens with one attached hydrogen (secondary N) is 1. The predicted molar refractivity (Wildman–Crippen MR) is 112 cm³/mol. The van der Waals surface area contributed by atoms with Gasteiger partial charge in [0.1, 0.15) is 5.65 Å². The summed E-state index contributed by atoms with van der Waals surface area (Å²) in [6.07, 6.45) is 6.95. The van der Waals surface area contributed by atoms with E-state index < -0.39 is 0 Å². The summed E-state index contributed by atoms with van der Waals surface area (Å²) < 4.78 is 2.11.